The minimum atomic E-state index is -0.0777. The van der Waals surface area contributed by atoms with Crippen molar-refractivity contribution in [2.24, 2.45) is 5.92 Å². The van der Waals surface area contributed by atoms with Crippen LogP contribution < -0.4 is 10.6 Å². The van der Waals surface area contributed by atoms with Gasteiger partial charge in [0.2, 0.25) is 0 Å². The van der Waals surface area contributed by atoms with Crippen LogP contribution >= 0.6 is 0 Å². The Kier molecular flexibility index (Phi) is 4.07. The van der Waals surface area contributed by atoms with Gasteiger partial charge in [-0.3, -0.25) is 4.79 Å². The fourth-order valence-electron chi connectivity index (χ4n) is 2.39. The molecule has 1 aliphatic heterocycles. The van der Waals surface area contributed by atoms with E-state index in [4.69, 9.17) is 10.5 Å². The molecular formula is C14H20N2O2. The summed E-state index contributed by atoms with van der Waals surface area (Å²) in [6.07, 6.45) is 1.93. The molecule has 0 unspecified atom stereocenters. The molecule has 1 aliphatic rings. The predicted molar refractivity (Wildman–Crippen MR) is 72.4 cm³/mol. The van der Waals surface area contributed by atoms with Gasteiger partial charge < -0.3 is 15.4 Å². The van der Waals surface area contributed by atoms with Crippen molar-refractivity contribution in [1.82, 2.24) is 0 Å². The Hall–Kier alpha value is -1.71. The largest absolute Gasteiger partial charge is 0.466 e. The number of benzene rings is 1. The molecule has 0 spiro atoms. The van der Waals surface area contributed by atoms with Crippen LogP contribution in [0.25, 0.3) is 0 Å². The maximum Gasteiger partial charge on any atom is 0.310 e. The first kappa shape index (κ1) is 12.7. The topological polar surface area (TPSA) is 55.6 Å². The second-order valence-corrected chi connectivity index (χ2v) is 4.63. The van der Waals surface area contributed by atoms with E-state index in [0.717, 1.165) is 37.3 Å². The summed E-state index contributed by atoms with van der Waals surface area (Å²) in [6.45, 7) is 3.99. The van der Waals surface area contributed by atoms with Crippen LogP contribution in [0.4, 0.5) is 11.4 Å². The normalized spacial score (nSPS) is 19.6. The van der Waals surface area contributed by atoms with E-state index < -0.39 is 0 Å². The summed E-state index contributed by atoms with van der Waals surface area (Å²) in [5.41, 5.74) is 7.63. The number of hydrogen-bond donors (Lipinski definition) is 1. The van der Waals surface area contributed by atoms with Crippen LogP contribution in [-0.4, -0.2) is 25.7 Å². The molecule has 2 N–H and O–H groups in total. The number of ether oxygens (including phenoxy) is 1. The lowest BCUT2D eigenvalue weighted by Crippen LogP contribution is -2.39. The van der Waals surface area contributed by atoms with Gasteiger partial charge in [0.05, 0.1) is 12.5 Å². The molecule has 1 aromatic carbocycles. The Balaban J connectivity index is 2.04. The molecule has 0 radical (unpaired) electrons. The van der Waals surface area contributed by atoms with E-state index in [0.29, 0.717) is 6.61 Å². The average molecular weight is 248 g/mol. The van der Waals surface area contributed by atoms with Gasteiger partial charge in [0.15, 0.2) is 0 Å². The summed E-state index contributed by atoms with van der Waals surface area (Å²) >= 11 is 0. The third-order valence-corrected chi connectivity index (χ3v) is 3.28. The molecule has 4 heteroatoms. The molecule has 1 saturated heterocycles. The number of rotatable bonds is 3. The van der Waals surface area contributed by atoms with Gasteiger partial charge in [0.25, 0.3) is 0 Å². The first-order valence-corrected chi connectivity index (χ1v) is 6.48. The van der Waals surface area contributed by atoms with E-state index in [-0.39, 0.29) is 11.9 Å². The summed E-state index contributed by atoms with van der Waals surface area (Å²) < 4.78 is 5.10. The second kappa shape index (κ2) is 5.76. The Labute approximate surface area is 108 Å². The highest BCUT2D eigenvalue weighted by molar-refractivity contribution is 5.73. The van der Waals surface area contributed by atoms with Crippen molar-refractivity contribution in [3.05, 3.63) is 24.3 Å². The maximum atomic E-state index is 11.8. The van der Waals surface area contributed by atoms with Gasteiger partial charge in [0.1, 0.15) is 0 Å². The van der Waals surface area contributed by atoms with Crippen molar-refractivity contribution in [3.63, 3.8) is 0 Å². The summed E-state index contributed by atoms with van der Waals surface area (Å²) in [6, 6.07) is 7.80. The first-order valence-electron chi connectivity index (χ1n) is 6.48. The lowest BCUT2D eigenvalue weighted by Gasteiger charge is -2.33. The monoisotopic (exact) mass is 248 g/mol. The minimum Gasteiger partial charge on any atom is -0.466 e. The van der Waals surface area contributed by atoms with E-state index in [1.807, 2.05) is 31.2 Å². The van der Waals surface area contributed by atoms with Crippen LogP contribution in [0.15, 0.2) is 24.3 Å². The van der Waals surface area contributed by atoms with Crippen molar-refractivity contribution in [2.45, 2.75) is 19.8 Å². The fourth-order valence-corrected chi connectivity index (χ4v) is 2.39. The molecule has 98 valence electrons. The third kappa shape index (κ3) is 2.94. The van der Waals surface area contributed by atoms with E-state index in [1.165, 1.54) is 0 Å². The number of carbonyl (C=O) groups is 1. The number of nitrogen functional groups attached to an aromatic ring is 1. The van der Waals surface area contributed by atoms with Crippen molar-refractivity contribution >= 4 is 17.3 Å². The zero-order valence-electron chi connectivity index (χ0n) is 10.8. The molecule has 18 heavy (non-hydrogen) atoms. The van der Waals surface area contributed by atoms with Crippen LogP contribution in [0.5, 0.6) is 0 Å². The molecule has 2 rings (SSSR count). The van der Waals surface area contributed by atoms with Crippen LogP contribution in [0.2, 0.25) is 0 Å². The smallest absolute Gasteiger partial charge is 0.310 e. The zero-order valence-corrected chi connectivity index (χ0v) is 10.8. The fraction of sp³-hybridized carbons (Fsp3) is 0.500. The highest BCUT2D eigenvalue weighted by Gasteiger charge is 2.26. The van der Waals surface area contributed by atoms with E-state index in [2.05, 4.69) is 4.90 Å². The summed E-state index contributed by atoms with van der Waals surface area (Å²) in [4.78, 5) is 14.0. The first-order chi connectivity index (χ1) is 8.70. The molecular weight excluding hydrogens is 228 g/mol. The van der Waals surface area contributed by atoms with E-state index >= 15 is 0 Å². The SMILES string of the molecule is CCOC(=O)[C@@H]1CCCN(c2cccc(N)c2)C1. The van der Waals surface area contributed by atoms with Gasteiger partial charge in [0, 0.05) is 24.5 Å². The van der Waals surface area contributed by atoms with E-state index in [9.17, 15) is 4.79 Å². The number of hydrogen-bond acceptors (Lipinski definition) is 4. The number of nitrogens with two attached hydrogens (primary N) is 1. The van der Waals surface area contributed by atoms with E-state index in [1.54, 1.807) is 0 Å². The van der Waals surface area contributed by atoms with Gasteiger partial charge >= 0.3 is 5.97 Å². The average Bonchev–Trinajstić information content (AvgIpc) is 2.39. The Morgan fingerprint density at radius 1 is 1.56 bits per heavy atom. The highest BCUT2D eigenvalue weighted by Crippen LogP contribution is 2.25. The Morgan fingerprint density at radius 2 is 2.39 bits per heavy atom. The maximum absolute atomic E-state index is 11.8. The zero-order chi connectivity index (χ0) is 13.0. The quantitative estimate of drug-likeness (QED) is 0.657. The molecule has 1 heterocycles. The number of anilines is 2. The van der Waals surface area contributed by atoms with Crippen molar-refractivity contribution in [1.29, 1.82) is 0 Å². The van der Waals surface area contributed by atoms with Crippen molar-refractivity contribution in [2.75, 3.05) is 30.3 Å². The van der Waals surface area contributed by atoms with Crippen LogP contribution in [0.1, 0.15) is 19.8 Å². The standard InChI is InChI=1S/C14H20N2O2/c1-2-18-14(17)11-5-4-8-16(10-11)13-7-3-6-12(15)9-13/h3,6-7,9,11H,2,4-5,8,10,15H2,1H3/t11-/m1/s1. The van der Waals surface area contributed by atoms with Gasteiger partial charge in [-0.2, -0.15) is 0 Å². The molecule has 0 bridgehead atoms. The third-order valence-electron chi connectivity index (χ3n) is 3.28. The molecule has 0 saturated carbocycles. The van der Waals surface area contributed by atoms with Gasteiger partial charge in [-0.15, -0.1) is 0 Å². The van der Waals surface area contributed by atoms with Gasteiger partial charge in [-0.25, -0.2) is 0 Å². The van der Waals surface area contributed by atoms with Gasteiger partial charge in [-0.1, -0.05) is 6.07 Å². The number of nitrogens with zero attached hydrogens (tertiary/aromatic N) is 1. The number of carbonyl (C=O) groups excluding carboxylic acids is 1. The molecule has 1 atom stereocenters. The van der Waals surface area contributed by atoms with Crippen LogP contribution in [0, 0.1) is 5.92 Å². The Bertz CT molecular complexity index is 420. The summed E-state index contributed by atoms with van der Waals surface area (Å²) in [5.74, 6) is -0.0915. The summed E-state index contributed by atoms with van der Waals surface area (Å²) in [7, 11) is 0. The predicted octanol–water partition coefficient (Wildman–Crippen LogP) is 2.05. The summed E-state index contributed by atoms with van der Waals surface area (Å²) in [5, 5.41) is 0. The molecule has 1 fully saturated rings. The Morgan fingerprint density at radius 3 is 3.11 bits per heavy atom. The van der Waals surface area contributed by atoms with Crippen molar-refractivity contribution in [3.8, 4) is 0 Å². The molecule has 0 amide bonds. The second-order valence-electron chi connectivity index (χ2n) is 4.63. The number of esters is 1. The van der Waals surface area contributed by atoms with Crippen molar-refractivity contribution < 1.29 is 9.53 Å². The number of piperidine rings is 1. The molecule has 4 nitrogen and oxygen atoms in total. The van der Waals surface area contributed by atoms with Gasteiger partial charge in [-0.05, 0) is 38.0 Å². The molecule has 0 aliphatic carbocycles. The van der Waals surface area contributed by atoms with Crippen LogP contribution in [0.3, 0.4) is 0 Å². The molecule has 0 aromatic heterocycles. The lowest BCUT2D eigenvalue weighted by atomic mass is 9.97. The molecule has 1 aromatic rings. The highest BCUT2D eigenvalue weighted by atomic mass is 16.5. The minimum absolute atomic E-state index is 0.0138. The van der Waals surface area contributed by atoms with Crippen LogP contribution in [-0.2, 0) is 9.53 Å². The lowest BCUT2D eigenvalue weighted by molar-refractivity contribution is -0.148.